The summed E-state index contributed by atoms with van der Waals surface area (Å²) in [6.45, 7) is 7.86. The first-order valence-corrected chi connectivity index (χ1v) is 8.37. The van der Waals surface area contributed by atoms with Crippen LogP contribution in [0.3, 0.4) is 0 Å². The molecule has 0 atom stereocenters. The lowest BCUT2D eigenvalue weighted by Gasteiger charge is -2.13. The number of benzene rings is 2. The summed E-state index contributed by atoms with van der Waals surface area (Å²) in [6.07, 6.45) is 0. The zero-order valence-corrected chi connectivity index (χ0v) is 15.1. The Kier molecular flexibility index (Phi) is 6.17. The average molecular weight is 339 g/mol. The third-order valence-electron chi connectivity index (χ3n) is 3.85. The summed E-state index contributed by atoms with van der Waals surface area (Å²) in [5.74, 6) is -0.296. The van der Waals surface area contributed by atoms with Crippen LogP contribution in [0.1, 0.15) is 25.0 Å². The summed E-state index contributed by atoms with van der Waals surface area (Å²) in [7, 11) is 0. The van der Waals surface area contributed by atoms with E-state index in [2.05, 4.69) is 16.0 Å². The third-order valence-corrected chi connectivity index (χ3v) is 3.85. The minimum absolute atomic E-state index is 0.0554. The summed E-state index contributed by atoms with van der Waals surface area (Å²) in [6, 6.07) is 13.1. The summed E-state index contributed by atoms with van der Waals surface area (Å²) in [5, 5.41) is 8.84. The van der Waals surface area contributed by atoms with Crippen LogP contribution < -0.4 is 16.0 Å². The van der Waals surface area contributed by atoms with Crippen molar-refractivity contribution in [3.05, 3.63) is 53.6 Å². The van der Waals surface area contributed by atoms with Crippen molar-refractivity contribution >= 4 is 28.9 Å². The molecule has 0 spiro atoms. The molecule has 3 N–H and O–H groups in total. The fourth-order valence-corrected chi connectivity index (χ4v) is 2.43. The van der Waals surface area contributed by atoms with Gasteiger partial charge in [-0.25, -0.2) is 0 Å². The molecule has 2 amide bonds. The summed E-state index contributed by atoms with van der Waals surface area (Å²) < 4.78 is 0. The average Bonchev–Trinajstić information content (AvgIpc) is 2.54. The Balaban J connectivity index is 1.95. The van der Waals surface area contributed by atoms with Gasteiger partial charge in [-0.15, -0.1) is 0 Å². The van der Waals surface area contributed by atoms with E-state index in [0.29, 0.717) is 11.4 Å². The van der Waals surface area contributed by atoms with Crippen LogP contribution in [0.4, 0.5) is 17.1 Å². The molecule has 0 aliphatic heterocycles. The van der Waals surface area contributed by atoms with Gasteiger partial charge in [0.05, 0.1) is 6.54 Å². The van der Waals surface area contributed by atoms with E-state index in [0.717, 1.165) is 16.8 Å². The number of hydrogen-bond acceptors (Lipinski definition) is 3. The van der Waals surface area contributed by atoms with Crippen molar-refractivity contribution < 1.29 is 9.59 Å². The Morgan fingerprint density at radius 3 is 2.08 bits per heavy atom. The van der Waals surface area contributed by atoms with E-state index in [4.69, 9.17) is 0 Å². The molecule has 0 saturated carbocycles. The lowest BCUT2D eigenvalue weighted by atomic mass is 10.1. The lowest BCUT2D eigenvalue weighted by Crippen LogP contribution is -2.22. The molecule has 0 aromatic heterocycles. The van der Waals surface area contributed by atoms with Gasteiger partial charge in [0.15, 0.2) is 0 Å². The molecule has 0 aliphatic rings. The predicted molar refractivity (Wildman–Crippen MR) is 103 cm³/mol. The highest BCUT2D eigenvalue weighted by Gasteiger charge is 2.09. The van der Waals surface area contributed by atoms with Crippen LogP contribution in [0.15, 0.2) is 42.5 Å². The van der Waals surface area contributed by atoms with E-state index < -0.39 is 0 Å². The van der Waals surface area contributed by atoms with Gasteiger partial charge in [0.2, 0.25) is 11.8 Å². The van der Waals surface area contributed by atoms with E-state index in [1.165, 1.54) is 0 Å². The second-order valence-electron chi connectivity index (χ2n) is 6.39. The first-order chi connectivity index (χ1) is 11.9. The summed E-state index contributed by atoms with van der Waals surface area (Å²) >= 11 is 0. The molecular weight excluding hydrogens is 314 g/mol. The highest BCUT2D eigenvalue weighted by molar-refractivity contribution is 5.96. The Bertz CT molecular complexity index is 749. The van der Waals surface area contributed by atoms with Crippen molar-refractivity contribution in [2.75, 3.05) is 22.5 Å². The Morgan fingerprint density at radius 2 is 1.48 bits per heavy atom. The second-order valence-corrected chi connectivity index (χ2v) is 6.39. The van der Waals surface area contributed by atoms with E-state index in [9.17, 15) is 9.59 Å². The zero-order valence-electron chi connectivity index (χ0n) is 15.1. The van der Waals surface area contributed by atoms with Crippen molar-refractivity contribution in [1.82, 2.24) is 0 Å². The topological polar surface area (TPSA) is 70.2 Å². The number of anilines is 3. The van der Waals surface area contributed by atoms with Crippen LogP contribution in [0.2, 0.25) is 0 Å². The number of rotatable bonds is 6. The number of carbonyl (C=O) groups is 2. The van der Waals surface area contributed by atoms with Gasteiger partial charge in [-0.2, -0.15) is 0 Å². The highest BCUT2D eigenvalue weighted by atomic mass is 16.2. The SMILES string of the molecule is Cc1cccc(C)c1NCC(=O)Nc1cccc(NC(=O)C(C)C)c1. The number of aryl methyl sites for hydroxylation is 2. The molecule has 0 aliphatic carbocycles. The third kappa shape index (κ3) is 5.35. The van der Waals surface area contributed by atoms with Crippen LogP contribution in [-0.4, -0.2) is 18.4 Å². The Hall–Kier alpha value is -2.82. The number of hydrogen-bond donors (Lipinski definition) is 3. The number of amides is 2. The van der Waals surface area contributed by atoms with Gasteiger partial charge in [0.1, 0.15) is 0 Å². The monoisotopic (exact) mass is 339 g/mol. The molecule has 0 unspecified atom stereocenters. The molecule has 0 bridgehead atoms. The molecule has 2 aromatic carbocycles. The summed E-state index contributed by atoms with van der Waals surface area (Å²) in [5.41, 5.74) is 4.50. The fraction of sp³-hybridized carbons (Fsp3) is 0.300. The highest BCUT2D eigenvalue weighted by Crippen LogP contribution is 2.19. The van der Waals surface area contributed by atoms with Gasteiger partial charge in [-0.1, -0.05) is 38.1 Å². The van der Waals surface area contributed by atoms with Crippen LogP contribution in [0, 0.1) is 19.8 Å². The van der Waals surface area contributed by atoms with Crippen molar-refractivity contribution in [3.8, 4) is 0 Å². The molecule has 25 heavy (non-hydrogen) atoms. The molecule has 5 heteroatoms. The van der Waals surface area contributed by atoms with Crippen molar-refractivity contribution in [1.29, 1.82) is 0 Å². The second kappa shape index (κ2) is 8.33. The normalized spacial score (nSPS) is 10.4. The van der Waals surface area contributed by atoms with E-state index in [-0.39, 0.29) is 24.3 Å². The Morgan fingerprint density at radius 1 is 0.920 bits per heavy atom. The standard InChI is InChI=1S/C20H25N3O2/c1-13(2)20(25)23-17-10-6-9-16(11-17)22-18(24)12-21-19-14(3)7-5-8-15(19)4/h5-11,13,21H,12H2,1-4H3,(H,22,24)(H,23,25). The smallest absolute Gasteiger partial charge is 0.243 e. The van der Waals surface area contributed by atoms with E-state index in [1.54, 1.807) is 24.3 Å². The molecule has 5 nitrogen and oxygen atoms in total. The predicted octanol–water partition coefficient (Wildman–Crippen LogP) is 3.95. The van der Waals surface area contributed by atoms with Crippen LogP contribution >= 0.6 is 0 Å². The molecule has 0 radical (unpaired) electrons. The van der Waals surface area contributed by atoms with E-state index >= 15 is 0 Å². The van der Waals surface area contributed by atoms with Gasteiger partial charge in [-0.3, -0.25) is 9.59 Å². The fourth-order valence-electron chi connectivity index (χ4n) is 2.43. The van der Waals surface area contributed by atoms with E-state index in [1.807, 2.05) is 45.9 Å². The van der Waals surface area contributed by atoms with Gasteiger partial charge in [0, 0.05) is 23.0 Å². The first kappa shape index (κ1) is 18.5. The van der Waals surface area contributed by atoms with Gasteiger partial charge in [0.25, 0.3) is 0 Å². The quantitative estimate of drug-likeness (QED) is 0.746. The molecule has 2 rings (SSSR count). The maximum atomic E-state index is 12.2. The molecule has 0 fully saturated rings. The van der Waals surface area contributed by atoms with Crippen LogP contribution in [-0.2, 0) is 9.59 Å². The first-order valence-electron chi connectivity index (χ1n) is 8.37. The minimum atomic E-state index is -0.144. The molecule has 132 valence electrons. The number of nitrogens with one attached hydrogen (secondary N) is 3. The number of carbonyl (C=O) groups excluding carboxylic acids is 2. The largest absolute Gasteiger partial charge is 0.376 e. The maximum absolute atomic E-state index is 12.2. The number of para-hydroxylation sites is 1. The maximum Gasteiger partial charge on any atom is 0.243 e. The zero-order chi connectivity index (χ0) is 18.4. The van der Waals surface area contributed by atoms with Crippen LogP contribution in [0.5, 0.6) is 0 Å². The van der Waals surface area contributed by atoms with Crippen molar-refractivity contribution in [3.63, 3.8) is 0 Å². The van der Waals surface area contributed by atoms with Gasteiger partial charge < -0.3 is 16.0 Å². The van der Waals surface area contributed by atoms with Crippen molar-refractivity contribution in [2.45, 2.75) is 27.7 Å². The molecular formula is C20H25N3O2. The van der Waals surface area contributed by atoms with Gasteiger partial charge >= 0.3 is 0 Å². The lowest BCUT2D eigenvalue weighted by molar-refractivity contribution is -0.119. The minimum Gasteiger partial charge on any atom is -0.376 e. The summed E-state index contributed by atoms with van der Waals surface area (Å²) in [4.78, 5) is 23.9. The molecule has 0 heterocycles. The molecule has 0 saturated heterocycles. The molecule has 2 aromatic rings. The van der Waals surface area contributed by atoms with Crippen LogP contribution in [0.25, 0.3) is 0 Å². The van der Waals surface area contributed by atoms with Gasteiger partial charge in [-0.05, 0) is 43.2 Å². The van der Waals surface area contributed by atoms with Crippen molar-refractivity contribution in [2.24, 2.45) is 5.92 Å². The Labute approximate surface area is 148 Å².